The third-order valence-corrected chi connectivity index (χ3v) is 8.41. The molecule has 43 heavy (non-hydrogen) atoms. The molecule has 0 radical (unpaired) electrons. The fourth-order valence-electron chi connectivity index (χ4n) is 5.23. The molecule has 0 unspecified atom stereocenters. The van der Waals surface area contributed by atoms with Crippen LogP contribution in [0.15, 0.2) is 99.0 Å². The van der Waals surface area contributed by atoms with Crippen molar-refractivity contribution in [2.24, 2.45) is 11.0 Å². The number of benzene rings is 4. The number of carbonyl (C=O) groups excluding carboxylic acids is 2. The predicted octanol–water partition coefficient (Wildman–Crippen LogP) is 6.91. The van der Waals surface area contributed by atoms with Crippen molar-refractivity contribution in [3.05, 3.63) is 116 Å². The van der Waals surface area contributed by atoms with E-state index in [4.69, 9.17) is 18.9 Å². The Labute approximate surface area is 266 Å². The molecule has 4 aromatic rings. The van der Waals surface area contributed by atoms with Crippen LogP contribution >= 0.6 is 31.9 Å². The van der Waals surface area contributed by atoms with E-state index < -0.39 is 11.4 Å². The summed E-state index contributed by atoms with van der Waals surface area (Å²) in [6.07, 6.45) is 2.11. The van der Waals surface area contributed by atoms with Crippen molar-refractivity contribution in [2.45, 2.75) is 11.8 Å². The van der Waals surface area contributed by atoms with Gasteiger partial charge in [0.25, 0.3) is 0 Å². The van der Waals surface area contributed by atoms with E-state index in [-0.39, 0.29) is 23.1 Å². The molecule has 0 saturated heterocycles. The molecule has 0 aromatic heterocycles. The van der Waals surface area contributed by atoms with Gasteiger partial charge in [0.2, 0.25) is 11.7 Å². The van der Waals surface area contributed by atoms with Crippen molar-refractivity contribution < 1.29 is 28.5 Å². The SMILES string of the molecule is COc1cc(C(=O)Oc2c(Br)cc(Br)cc2/C=N\NC(=O)[C@@H]2CC2(c2ccccc2)c2ccccc2)cc(OC)c1OC. The Bertz CT molecular complexity index is 1610. The smallest absolute Gasteiger partial charge is 0.343 e. The highest BCUT2D eigenvalue weighted by Gasteiger charge is 2.60. The molecule has 1 amide bonds. The van der Waals surface area contributed by atoms with Crippen LogP contribution in [-0.4, -0.2) is 39.4 Å². The van der Waals surface area contributed by atoms with Crippen LogP contribution in [0.4, 0.5) is 0 Å². The molecule has 1 aliphatic carbocycles. The minimum absolute atomic E-state index is 0.187. The minimum Gasteiger partial charge on any atom is -0.493 e. The van der Waals surface area contributed by atoms with Crippen LogP contribution in [-0.2, 0) is 10.2 Å². The van der Waals surface area contributed by atoms with Crippen LogP contribution in [0.3, 0.4) is 0 Å². The molecular weight excluding hydrogens is 680 g/mol. The number of rotatable bonds is 10. The molecule has 0 aliphatic heterocycles. The van der Waals surface area contributed by atoms with E-state index in [9.17, 15) is 9.59 Å². The van der Waals surface area contributed by atoms with E-state index in [1.54, 1.807) is 12.1 Å². The first-order valence-corrected chi connectivity index (χ1v) is 14.9. The molecule has 0 bridgehead atoms. The number of hydrazone groups is 1. The maximum atomic E-state index is 13.3. The van der Waals surface area contributed by atoms with E-state index >= 15 is 0 Å². The van der Waals surface area contributed by atoms with Crippen molar-refractivity contribution in [2.75, 3.05) is 21.3 Å². The van der Waals surface area contributed by atoms with Crippen LogP contribution in [0, 0.1) is 5.92 Å². The highest BCUT2D eigenvalue weighted by Crippen LogP contribution is 2.58. The van der Waals surface area contributed by atoms with E-state index in [1.165, 1.54) is 39.7 Å². The molecular formula is C33H28Br2N2O6. The van der Waals surface area contributed by atoms with Gasteiger partial charge in [-0.15, -0.1) is 0 Å². The van der Waals surface area contributed by atoms with Crippen molar-refractivity contribution in [1.82, 2.24) is 5.43 Å². The number of nitrogens with one attached hydrogen (secondary N) is 1. The maximum Gasteiger partial charge on any atom is 0.343 e. The number of hydrogen-bond acceptors (Lipinski definition) is 7. The molecule has 1 atom stereocenters. The summed E-state index contributed by atoms with van der Waals surface area (Å²) in [5.41, 5.74) is 5.09. The second-order valence-corrected chi connectivity index (χ2v) is 11.6. The lowest BCUT2D eigenvalue weighted by Crippen LogP contribution is -2.25. The van der Waals surface area contributed by atoms with Gasteiger partial charge in [0.05, 0.1) is 43.5 Å². The Kier molecular flexibility index (Phi) is 9.17. The largest absolute Gasteiger partial charge is 0.493 e. The van der Waals surface area contributed by atoms with Crippen molar-refractivity contribution in [1.29, 1.82) is 0 Å². The first-order chi connectivity index (χ1) is 20.8. The molecule has 1 N–H and O–H groups in total. The summed E-state index contributed by atoms with van der Waals surface area (Å²) in [7, 11) is 4.41. The van der Waals surface area contributed by atoms with Gasteiger partial charge in [0, 0.05) is 15.5 Å². The molecule has 1 fully saturated rings. The highest BCUT2D eigenvalue weighted by atomic mass is 79.9. The molecule has 1 saturated carbocycles. The third-order valence-electron chi connectivity index (χ3n) is 7.37. The van der Waals surface area contributed by atoms with Gasteiger partial charge in [0.15, 0.2) is 17.2 Å². The Hall–Kier alpha value is -4.15. The summed E-state index contributed by atoms with van der Waals surface area (Å²) in [4.78, 5) is 26.6. The lowest BCUT2D eigenvalue weighted by molar-refractivity contribution is -0.122. The monoisotopic (exact) mass is 706 g/mol. The van der Waals surface area contributed by atoms with Crippen molar-refractivity contribution in [3.63, 3.8) is 0 Å². The third kappa shape index (κ3) is 6.16. The number of methoxy groups -OCH3 is 3. The summed E-state index contributed by atoms with van der Waals surface area (Å²) in [5, 5.41) is 4.24. The molecule has 4 aromatic carbocycles. The number of halogens is 2. The topological polar surface area (TPSA) is 95.5 Å². The van der Waals surface area contributed by atoms with Gasteiger partial charge in [0.1, 0.15) is 0 Å². The molecule has 10 heteroatoms. The number of hydrogen-bond donors (Lipinski definition) is 1. The average molecular weight is 708 g/mol. The molecule has 0 spiro atoms. The van der Waals surface area contributed by atoms with E-state index in [2.05, 4.69) is 66.7 Å². The van der Waals surface area contributed by atoms with Crippen molar-refractivity contribution >= 4 is 50.0 Å². The number of ether oxygens (including phenoxy) is 4. The lowest BCUT2D eigenvalue weighted by Gasteiger charge is -2.18. The standard InChI is InChI=1S/C33H28Br2N2O6/c1-40-27-15-20(16-28(41-2)30(27)42-3)32(39)43-29-21(14-24(34)17-26(29)35)19-36-37-31(38)25-18-33(25,22-10-6-4-7-11-22)23-12-8-5-9-13-23/h4-17,19,25H,18H2,1-3H3,(H,37,38)/b36-19-/t25-/m0/s1. The van der Waals surface area contributed by atoms with Gasteiger partial charge in [-0.25, -0.2) is 10.2 Å². The van der Waals surface area contributed by atoms with Crippen LogP contribution in [0.25, 0.3) is 0 Å². The van der Waals surface area contributed by atoms with Crippen LogP contribution in [0.2, 0.25) is 0 Å². The first kappa shape index (κ1) is 30.3. The normalized spacial score (nSPS) is 15.0. The maximum absolute atomic E-state index is 13.3. The Morgan fingerprint density at radius 2 is 1.42 bits per heavy atom. The minimum atomic E-state index is -0.658. The first-order valence-electron chi connectivity index (χ1n) is 13.3. The van der Waals surface area contributed by atoms with E-state index in [0.29, 0.717) is 38.2 Å². The Morgan fingerprint density at radius 1 is 0.837 bits per heavy atom. The zero-order chi connectivity index (χ0) is 30.6. The molecule has 1 aliphatic rings. The van der Waals surface area contributed by atoms with Gasteiger partial charge >= 0.3 is 5.97 Å². The second-order valence-electron chi connectivity index (χ2n) is 9.80. The fourth-order valence-corrected chi connectivity index (χ4v) is 6.57. The second kappa shape index (κ2) is 13.0. The quantitative estimate of drug-likeness (QED) is 0.0833. The van der Waals surface area contributed by atoms with Gasteiger partial charge in [-0.1, -0.05) is 76.6 Å². The molecule has 8 nitrogen and oxygen atoms in total. The number of carbonyl (C=O) groups is 2. The summed E-state index contributed by atoms with van der Waals surface area (Å²) in [6, 6.07) is 26.6. The average Bonchev–Trinajstić information content (AvgIpc) is 3.80. The zero-order valence-electron chi connectivity index (χ0n) is 23.6. The van der Waals surface area contributed by atoms with Gasteiger partial charge in [-0.3, -0.25) is 4.79 Å². The van der Waals surface area contributed by atoms with Crippen LogP contribution in [0.5, 0.6) is 23.0 Å². The van der Waals surface area contributed by atoms with Crippen LogP contribution in [0.1, 0.15) is 33.5 Å². The fraction of sp³-hybridized carbons (Fsp3) is 0.182. The van der Waals surface area contributed by atoms with Gasteiger partial charge in [-0.2, -0.15) is 5.10 Å². The van der Waals surface area contributed by atoms with Gasteiger partial charge in [-0.05, 0) is 57.7 Å². The zero-order valence-corrected chi connectivity index (χ0v) is 26.8. The molecule has 5 rings (SSSR count). The lowest BCUT2D eigenvalue weighted by atomic mass is 9.85. The molecule has 0 heterocycles. The Balaban J connectivity index is 1.37. The Morgan fingerprint density at radius 3 is 1.95 bits per heavy atom. The van der Waals surface area contributed by atoms with Gasteiger partial charge < -0.3 is 18.9 Å². The number of nitrogens with zero attached hydrogens (tertiary/aromatic N) is 1. The molecule has 220 valence electrons. The summed E-state index contributed by atoms with van der Waals surface area (Å²) >= 11 is 6.94. The number of amides is 1. The summed E-state index contributed by atoms with van der Waals surface area (Å²) < 4.78 is 23.1. The van der Waals surface area contributed by atoms with Crippen LogP contribution < -0.4 is 24.4 Å². The summed E-state index contributed by atoms with van der Waals surface area (Å²) in [6.45, 7) is 0. The number of esters is 1. The van der Waals surface area contributed by atoms with E-state index in [1.807, 2.05) is 36.4 Å². The summed E-state index contributed by atoms with van der Waals surface area (Å²) in [5.74, 6) is 0.0542. The van der Waals surface area contributed by atoms with E-state index in [0.717, 1.165) is 11.1 Å². The van der Waals surface area contributed by atoms with Crippen molar-refractivity contribution in [3.8, 4) is 23.0 Å². The predicted molar refractivity (Wildman–Crippen MR) is 170 cm³/mol. The highest BCUT2D eigenvalue weighted by molar-refractivity contribution is 9.11.